The fraction of sp³-hybridized carbons (Fsp3) is 0.333. The lowest BCUT2D eigenvalue weighted by atomic mass is 10.2. The zero-order chi connectivity index (χ0) is 19.6. The highest BCUT2D eigenvalue weighted by molar-refractivity contribution is 7.89. The van der Waals surface area contributed by atoms with E-state index < -0.39 is 27.3 Å². The summed E-state index contributed by atoms with van der Waals surface area (Å²) >= 11 is 0. The average Bonchev–Trinajstić information content (AvgIpc) is 3.15. The molecule has 1 saturated heterocycles. The monoisotopic (exact) mass is 393 g/mol. The van der Waals surface area contributed by atoms with Gasteiger partial charge in [-0.2, -0.15) is 4.31 Å². The number of amides is 1. The summed E-state index contributed by atoms with van der Waals surface area (Å²) in [5, 5.41) is 2.50. The predicted molar refractivity (Wildman–Crippen MR) is 98.5 cm³/mol. The SMILES string of the molecule is Cc1ccc(NC(=O)Cn2cc(S(=O)(=O)N3CCCC3)ccc2=O)cc1F. The molecule has 0 aliphatic carbocycles. The molecule has 1 aliphatic rings. The molecule has 1 fully saturated rings. The molecule has 9 heteroatoms. The van der Waals surface area contributed by atoms with Gasteiger partial charge in [0.1, 0.15) is 12.4 Å². The van der Waals surface area contributed by atoms with Gasteiger partial charge in [0.05, 0.1) is 4.90 Å². The average molecular weight is 393 g/mol. The predicted octanol–water partition coefficient (Wildman–Crippen LogP) is 1.72. The number of rotatable bonds is 5. The summed E-state index contributed by atoms with van der Waals surface area (Å²) in [4.78, 5) is 24.2. The molecule has 0 radical (unpaired) electrons. The Labute approximate surface area is 156 Å². The molecule has 2 heterocycles. The van der Waals surface area contributed by atoms with Crippen LogP contribution < -0.4 is 10.9 Å². The van der Waals surface area contributed by atoms with Gasteiger partial charge in [-0.05, 0) is 43.5 Å². The van der Waals surface area contributed by atoms with Crippen LogP contribution >= 0.6 is 0 Å². The van der Waals surface area contributed by atoms with Gasteiger partial charge in [0, 0.05) is 31.0 Å². The third kappa shape index (κ3) is 4.25. The quantitative estimate of drug-likeness (QED) is 0.838. The van der Waals surface area contributed by atoms with Crippen LogP contribution in [-0.2, 0) is 21.4 Å². The van der Waals surface area contributed by atoms with Crippen molar-refractivity contribution < 1.29 is 17.6 Å². The Morgan fingerprint density at radius 3 is 2.56 bits per heavy atom. The first-order chi connectivity index (χ1) is 12.8. The van der Waals surface area contributed by atoms with Crippen LogP contribution in [0.2, 0.25) is 0 Å². The first-order valence-corrected chi connectivity index (χ1v) is 9.98. The molecular formula is C18H20FN3O4S. The fourth-order valence-electron chi connectivity index (χ4n) is 2.89. The minimum Gasteiger partial charge on any atom is -0.324 e. The van der Waals surface area contributed by atoms with Crippen molar-refractivity contribution in [2.24, 2.45) is 0 Å². The number of halogens is 1. The molecule has 0 saturated carbocycles. The van der Waals surface area contributed by atoms with E-state index in [9.17, 15) is 22.4 Å². The van der Waals surface area contributed by atoms with Crippen LogP contribution in [0.4, 0.5) is 10.1 Å². The third-order valence-electron chi connectivity index (χ3n) is 4.43. The first-order valence-electron chi connectivity index (χ1n) is 8.54. The Balaban J connectivity index is 1.79. The highest BCUT2D eigenvalue weighted by Crippen LogP contribution is 2.20. The smallest absolute Gasteiger partial charge is 0.251 e. The lowest BCUT2D eigenvalue weighted by Gasteiger charge is -2.16. The van der Waals surface area contributed by atoms with Crippen molar-refractivity contribution >= 4 is 21.6 Å². The first kappa shape index (κ1) is 19.2. The number of pyridine rings is 1. The lowest BCUT2D eigenvalue weighted by Crippen LogP contribution is -2.31. The van der Waals surface area contributed by atoms with Crippen molar-refractivity contribution in [2.45, 2.75) is 31.2 Å². The number of anilines is 1. The second-order valence-electron chi connectivity index (χ2n) is 6.45. The zero-order valence-electron chi connectivity index (χ0n) is 14.8. The fourth-order valence-corrected chi connectivity index (χ4v) is 4.43. The number of hydrogen-bond donors (Lipinski definition) is 1. The third-order valence-corrected chi connectivity index (χ3v) is 6.31. The molecule has 2 aromatic rings. The largest absolute Gasteiger partial charge is 0.324 e. The number of carbonyl (C=O) groups excluding carboxylic acids is 1. The minimum atomic E-state index is -3.69. The Morgan fingerprint density at radius 1 is 1.19 bits per heavy atom. The molecule has 1 aromatic carbocycles. The molecular weight excluding hydrogens is 373 g/mol. The maximum absolute atomic E-state index is 13.6. The van der Waals surface area contributed by atoms with E-state index in [-0.39, 0.29) is 17.1 Å². The van der Waals surface area contributed by atoms with E-state index in [2.05, 4.69) is 5.32 Å². The molecule has 0 unspecified atom stereocenters. The standard InChI is InChI=1S/C18H20FN3O4S/c1-13-4-5-14(10-16(13)19)20-17(23)12-21-11-15(6-7-18(21)24)27(25,26)22-8-2-3-9-22/h4-7,10-11H,2-3,8-9,12H2,1H3,(H,20,23). The summed E-state index contributed by atoms with van der Waals surface area (Å²) in [6.07, 6.45) is 2.77. The summed E-state index contributed by atoms with van der Waals surface area (Å²) < 4.78 is 41.2. The molecule has 1 aliphatic heterocycles. The van der Waals surface area contributed by atoms with E-state index in [1.165, 1.54) is 28.7 Å². The summed E-state index contributed by atoms with van der Waals surface area (Å²) in [6, 6.07) is 6.64. The van der Waals surface area contributed by atoms with E-state index in [1.54, 1.807) is 13.0 Å². The van der Waals surface area contributed by atoms with Gasteiger partial charge in [-0.1, -0.05) is 6.07 Å². The van der Waals surface area contributed by atoms with Crippen molar-refractivity contribution in [1.29, 1.82) is 0 Å². The number of aromatic nitrogens is 1. The molecule has 0 spiro atoms. The second kappa shape index (κ2) is 7.61. The molecule has 7 nitrogen and oxygen atoms in total. The van der Waals surface area contributed by atoms with Crippen LogP contribution in [0.3, 0.4) is 0 Å². The maximum Gasteiger partial charge on any atom is 0.251 e. The number of nitrogens with zero attached hydrogens (tertiary/aromatic N) is 2. The molecule has 1 N–H and O–H groups in total. The molecule has 0 atom stereocenters. The van der Waals surface area contributed by atoms with Crippen molar-refractivity contribution in [3.63, 3.8) is 0 Å². The second-order valence-corrected chi connectivity index (χ2v) is 8.39. The summed E-state index contributed by atoms with van der Waals surface area (Å²) in [5.74, 6) is -1.01. The van der Waals surface area contributed by atoms with Gasteiger partial charge < -0.3 is 9.88 Å². The number of aryl methyl sites for hydroxylation is 1. The number of sulfonamides is 1. The topological polar surface area (TPSA) is 88.5 Å². The summed E-state index contributed by atoms with van der Waals surface area (Å²) in [5.41, 5.74) is 0.210. The number of hydrogen-bond acceptors (Lipinski definition) is 4. The summed E-state index contributed by atoms with van der Waals surface area (Å²) in [6.45, 7) is 2.12. The minimum absolute atomic E-state index is 0.0295. The Morgan fingerprint density at radius 2 is 1.89 bits per heavy atom. The van der Waals surface area contributed by atoms with Crippen LogP contribution in [0.25, 0.3) is 0 Å². The molecule has 3 rings (SSSR count). The molecule has 1 aromatic heterocycles. The van der Waals surface area contributed by atoms with Crippen molar-refractivity contribution in [2.75, 3.05) is 18.4 Å². The van der Waals surface area contributed by atoms with Gasteiger partial charge in [-0.25, -0.2) is 12.8 Å². The van der Waals surface area contributed by atoms with E-state index in [0.717, 1.165) is 23.5 Å². The van der Waals surface area contributed by atoms with E-state index in [1.807, 2.05) is 0 Å². The number of benzene rings is 1. The van der Waals surface area contributed by atoms with E-state index >= 15 is 0 Å². The van der Waals surface area contributed by atoms with Crippen molar-refractivity contribution in [3.05, 3.63) is 58.3 Å². The highest BCUT2D eigenvalue weighted by atomic mass is 32.2. The van der Waals surface area contributed by atoms with Crippen LogP contribution in [0.1, 0.15) is 18.4 Å². The van der Waals surface area contributed by atoms with Crippen LogP contribution in [-0.4, -0.2) is 36.3 Å². The van der Waals surface area contributed by atoms with Gasteiger partial charge in [0.15, 0.2) is 0 Å². The Kier molecular flexibility index (Phi) is 5.43. The maximum atomic E-state index is 13.6. The van der Waals surface area contributed by atoms with Gasteiger partial charge in [0.25, 0.3) is 5.56 Å². The molecule has 0 bridgehead atoms. The van der Waals surface area contributed by atoms with Crippen LogP contribution in [0.5, 0.6) is 0 Å². The van der Waals surface area contributed by atoms with Gasteiger partial charge in [0.2, 0.25) is 15.9 Å². The summed E-state index contributed by atoms with van der Waals surface area (Å²) in [7, 11) is -3.69. The number of nitrogens with one attached hydrogen (secondary N) is 1. The molecule has 1 amide bonds. The number of carbonyl (C=O) groups is 1. The Bertz CT molecular complexity index is 1030. The van der Waals surface area contributed by atoms with Crippen molar-refractivity contribution in [1.82, 2.24) is 8.87 Å². The van der Waals surface area contributed by atoms with Gasteiger partial charge in [-0.3, -0.25) is 9.59 Å². The normalized spacial score (nSPS) is 15.0. The van der Waals surface area contributed by atoms with E-state index in [4.69, 9.17) is 0 Å². The van der Waals surface area contributed by atoms with Crippen molar-refractivity contribution in [3.8, 4) is 0 Å². The van der Waals surface area contributed by atoms with Crippen LogP contribution in [0.15, 0.2) is 46.2 Å². The zero-order valence-corrected chi connectivity index (χ0v) is 15.6. The Hall–Kier alpha value is -2.52. The van der Waals surface area contributed by atoms with Crippen LogP contribution in [0, 0.1) is 12.7 Å². The van der Waals surface area contributed by atoms with Gasteiger partial charge in [-0.15, -0.1) is 0 Å². The lowest BCUT2D eigenvalue weighted by molar-refractivity contribution is -0.116. The molecule has 144 valence electrons. The molecule has 27 heavy (non-hydrogen) atoms. The van der Waals surface area contributed by atoms with E-state index in [0.29, 0.717) is 18.7 Å². The van der Waals surface area contributed by atoms with Gasteiger partial charge >= 0.3 is 0 Å². The highest BCUT2D eigenvalue weighted by Gasteiger charge is 2.27.